The summed E-state index contributed by atoms with van der Waals surface area (Å²) in [7, 11) is -2.33. The number of methoxy groups -OCH3 is 1. The molecule has 0 atom stereocenters. The largest absolute Gasteiger partial charge is 0.497 e. The number of aromatic nitrogens is 1. The van der Waals surface area contributed by atoms with Crippen LogP contribution in [-0.2, 0) is 16.6 Å². The molecular formula is C27H23N3O4S2. The quantitative estimate of drug-likeness (QED) is 0.325. The molecule has 182 valence electrons. The Kier molecular flexibility index (Phi) is 6.34. The number of benzene rings is 4. The van der Waals surface area contributed by atoms with Crippen molar-refractivity contribution in [3.8, 4) is 5.75 Å². The van der Waals surface area contributed by atoms with Crippen molar-refractivity contribution in [1.82, 2.24) is 4.57 Å². The second-order valence-electron chi connectivity index (χ2n) is 8.04. The molecule has 1 aromatic heterocycles. The first-order chi connectivity index (χ1) is 17.4. The molecule has 7 nitrogen and oxygen atoms in total. The van der Waals surface area contributed by atoms with Crippen LogP contribution in [0.3, 0.4) is 0 Å². The van der Waals surface area contributed by atoms with Crippen molar-refractivity contribution in [3.63, 3.8) is 0 Å². The molecule has 0 saturated heterocycles. The summed E-state index contributed by atoms with van der Waals surface area (Å²) in [6.07, 6.45) is 0. The Morgan fingerprint density at radius 2 is 1.78 bits per heavy atom. The number of carbonyl (C=O) groups excluding carboxylic acids is 1. The molecule has 0 spiro atoms. The van der Waals surface area contributed by atoms with E-state index in [9.17, 15) is 13.2 Å². The van der Waals surface area contributed by atoms with Crippen LogP contribution in [0, 0.1) is 0 Å². The van der Waals surface area contributed by atoms with E-state index in [1.54, 1.807) is 30.3 Å². The number of carbonyl (C=O) groups is 1. The summed E-state index contributed by atoms with van der Waals surface area (Å²) in [4.78, 5) is 18.2. The van der Waals surface area contributed by atoms with Crippen molar-refractivity contribution in [1.29, 1.82) is 0 Å². The first-order valence-electron chi connectivity index (χ1n) is 11.3. The summed E-state index contributed by atoms with van der Waals surface area (Å²) in [6.45, 7) is 2.67. The number of hydrogen-bond acceptors (Lipinski definition) is 5. The molecule has 0 aliphatic carbocycles. The van der Waals surface area contributed by atoms with Crippen LogP contribution >= 0.6 is 11.3 Å². The summed E-state index contributed by atoms with van der Waals surface area (Å²) in [6, 6.07) is 24.6. The number of nitrogens with one attached hydrogen (secondary N) is 1. The zero-order valence-electron chi connectivity index (χ0n) is 19.6. The first-order valence-corrected chi connectivity index (χ1v) is 13.6. The van der Waals surface area contributed by atoms with Crippen molar-refractivity contribution in [2.75, 3.05) is 11.8 Å². The molecule has 1 amide bonds. The summed E-state index contributed by atoms with van der Waals surface area (Å²) in [5.41, 5.74) is 1.58. The number of ether oxygens (including phenoxy) is 1. The molecule has 0 saturated carbocycles. The Labute approximate surface area is 212 Å². The number of aryl methyl sites for hydroxylation is 1. The molecule has 0 fully saturated rings. The summed E-state index contributed by atoms with van der Waals surface area (Å²) >= 11 is 1.47. The van der Waals surface area contributed by atoms with E-state index in [0.717, 1.165) is 21.0 Å². The van der Waals surface area contributed by atoms with Crippen LogP contribution in [0.25, 0.3) is 21.0 Å². The molecule has 1 N–H and O–H groups in total. The molecular weight excluding hydrogens is 494 g/mol. The lowest BCUT2D eigenvalue weighted by Crippen LogP contribution is -2.16. The van der Waals surface area contributed by atoms with Gasteiger partial charge < -0.3 is 9.30 Å². The minimum absolute atomic E-state index is 0.0891. The van der Waals surface area contributed by atoms with Gasteiger partial charge in [-0.3, -0.25) is 9.52 Å². The maximum absolute atomic E-state index is 13.1. The third-order valence-electron chi connectivity index (χ3n) is 5.82. The molecule has 5 aromatic rings. The number of rotatable bonds is 6. The van der Waals surface area contributed by atoms with Gasteiger partial charge in [0.2, 0.25) is 0 Å². The van der Waals surface area contributed by atoms with Gasteiger partial charge in [0.25, 0.3) is 15.9 Å². The highest BCUT2D eigenvalue weighted by Gasteiger charge is 2.16. The SMILES string of the molecule is CCn1c(=NC(=O)c2cccc(NS(=O)(=O)c3ccc(OC)cc3)c2)sc2c3ccccc3ccc21. The molecule has 5 rings (SSSR count). The second kappa shape index (κ2) is 9.60. The number of sulfonamides is 1. The highest BCUT2D eigenvalue weighted by Crippen LogP contribution is 2.28. The van der Waals surface area contributed by atoms with E-state index in [1.807, 2.05) is 23.6 Å². The van der Waals surface area contributed by atoms with Gasteiger partial charge in [-0.2, -0.15) is 4.99 Å². The van der Waals surface area contributed by atoms with Gasteiger partial charge in [0, 0.05) is 23.2 Å². The van der Waals surface area contributed by atoms with Gasteiger partial charge in [-0.05, 0) is 60.8 Å². The fourth-order valence-electron chi connectivity index (χ4n) is 4.03. The Balaban J connectivity index is 1.48. The fraction of sp³-hybridized carbons (Fsp3) is 0.111. The lowest BCUT2D eigenvalue weighted by Gasteiger charge is -2.09. The minimum atomic E-state index is -3.84. The molecule has 4 aromatic carbocycles. The minimum Gasteiger partial charge on any atom is -0.497 e. The Bertz CT molecular complexity index is 1770. The smallest absolute Gasteiger partial charge is 0.279 e. The number of nitrogens with zero attached hydrogens (tertiary/aromatic N) is 2. The Morgan fingerprint density at radius 1 is 1.00 bits per heavy atom. The number of anilines is 1. The van der Waals surface area contributed by atoms with E-state index < -0.39 is 15.9 Å². The normalized spacial score (nSPS) is 12.2. The zero-order chi connectivity index (χ0) is 25.3. The third-order valence-corrected chi connectivity index (χ3v) is 8.34. The fourth-order valence-corrected chi connectivity index (χ4v) is 6.30. The van der Waals surface area contributed by atoms with Gasteiger partial charge in [0.05, 0.1) is 22.2 Å². The molecule has 1 heterocycles. The molecule has 36 heavy (non-hydrogen) atoms. The molecule has 0 radical (unpaired) electrons. The summed E-state index contributed by atoms with van der Waals surface area (Å²) in [5.74, 6) is 0.111. The van der Waals surface area contributed by atoms with Crippen molar-refractivity contribution >= 4 is 53.9 Å². The topological polar surface area (TPSA) is 89.8 Å². The van der Waals surface area contributed by atoms with Crippen molar-refractivity contribution < 1.29 is 17.9 Å². The van der Waals surface area contributed by atoms with Gasteiger partial charge in [0.15, 0.2) is 4.80 Å². The predicted octanol–water partition coefficient (Wildman–Crippen LogP) is 5.43. The zero-order valence-corrected chi connectivity index (χ0v) is 21.3. The number of fused-ring (bicyclic) bond motifs is 3. The average molecular weight is 518 g/mol. The lowest BCUT2D eigenvalue weighted by atomic mass is 10.1. The second-order valence-corrected chi connectivity index (χ2v) is 10.7. The van der Waals surface area contributed by atoms with E-state index in [4.69, 9.17) is 4.74 Å². The van der Waals surface area contributed by atoms with Crippen LogP contribution in [-0.4, -0.2) is 26.0 Å². The highest BCUT2D eigenvalue weighted by atomic mass is 32.2. The molecule has 0 aliphatic heterocycles. The van der Waals surface area contributed by atoms with Crippen LogP contribution in [0.2, 0.25) is 0 Å². The molecule has 0 aliphatic rings. The predicted molar refractivity (Wildman–Crippen MR) is 143 cm³/mol. The monoisotopic (exact) mass is 517 g/mol. The molecule has 0 bridgehead atoms. The first kappa shape index (κ1) is 23.8. The van der Waals surface area contributed by atoms with Gasteiger partial charge in [-0.1, -0.05) is 47.7 Å². The average Bonchev–Trinajstić information content (AvgIpc) is 3.26. The van der Waals surface area contributed by atoms with Gasteiger partial charge in [-0.15, -0.1) is 0 Å². The lowest BCUT2D eigenvalue weighted by molar-refractivity contribution is 0.0998. The maximum Gasteiger partial charge on any atom is 0.279 e. The van der Waals surface area contributed by atoms with Crippen LogP contribution in [0.1, 0.15) is 17.3 Å². The number of thiazole rings is 1. The van der Waals surface area contributed by atoms with E-state index in [1.165, 1.54) is 36.6 Å². The van der Waals surface area contributed by atoms with Crippen LogP contribution in [0.15, 0.2) is 94.8 Å². The highest BCUT2D eigenvalue weighted by molar-refractivity contribution is 7.92. The number of amides is 1. The van der Waals surface area contributed by atoms with Crippen molar-refractivity contribution in [2.45, 2.75) is 18.4 Å². The van der Waals surface area contributed by atoms with Gasteiger partial charge in [-0.25, -0.2) is 8.42 Å². The summed E-state index contributed by atoms with van der Waals surface area (Å²) in [5, 5.41) is 2.25. The van der Waals surface area contributed by atoms with Crippen LogP contribution in [0.4, 0.5) is 5.69 Å². The standard InChI is InChI=1S/C27H23N3O4S2/c1-3-30-24-16-11-18-7-4-5-10-23(18)25(24)35-27(30)28-26(31)19-8-6-9-20(17-19)29-36(32,33)22-14-12-21(34-2)13-15-22/h4-17,29H,3H2,1-2H3. The van der Waals surface area contributed by atoms with E-state index in [-0.39, 0.29) is 16.1 Å². The molecule has 9 heteroatoms. The Hall–Kier alpha value is -3.95. The van der Waals surface area contributed by atoms with Crippen molar-refractivity contribution in [2.24, 2.45) is 4.99 Å². The van der Waals surface area contributed by atoms with E-state index in [2.05, 4.69) is 34.0 Å². The molecule has 0 unspecified atom stereocenters. The van der Waals surface area contributed by atoms with Crippen LogP contribution in [0.5, 0.6) is 5.75 Å². The van der Waals surface area contributed by atoms with E-state index in [0.29, 0.717) is 17.1 Å². The Morgan fingerprint density at radius 3 is 2.53 bits per heavy atom. The van der Waals surface area contributed by atoms with Crippen molar-refractivity contribution in [3.05, 3.63) is 95.3 Å². The van der Waals surface area contributed by atoms with Crippen LogP contribution < -0.4 is 14.3 Å². The van der Waals surface area contributed by atoms with E-state index >= 15 is 0 Å². The number of hydrogen-bond donors (Lipinski definition) is 1. The maximum atomic E-state index is 13.1. The summed E-state index contributed by atoms with van der Waals surface area (Å²) < 4.78 is 36.3. The third kappa shape index (κ3) is 4.50. The van der Waals surface area contributed by atoms with Gasteiger partial charge >= 0.3 is 0 Å². The van der Waals surface area contributed by atoms with Gasteiger partial charge in [0.1, 0.15) is 5.75 Å².